The van der Waals surface area contributed by atoms with E-state index in [9.17, 15) is 9.18 Å². The second-order valence-electron chi connectivity index (χ2n) is 5.11. The first-order valence-corrected chi connectivity index (χ1v) is 8.37. The van der Waals surface area contributed by atoms with E-state index >= 15 is 0 Å². The lowest BCUT2D eigenvalue weighted by Crippen LogP contribution is -2.45. The topological polar surface area (TPSA) is 62.4 Å². The van der Waals surface area contributed by atoms with Crippen molar-refractivity contribution in [2.75, 3.05) is 7.11 Å². The summed E-state index contributed by atoms with van der Waals surface area (Å²) in [7, 11) is 1.60. The Kier molecular flexibility index (Phi) is 7.37. The molecule has 3 N–H and O–H groups in total. The number of hydrogen-bond donors (Lipinski definition) is 3. The largest absolute Gasteiger partial charge is 0.497 e. The molecule has 0 atom stereocenters. The van der Waals surface area contributed by atoms with Crippen LogP contribution in [0.1, 0.15) is 11.1 Å². The summed E-state index contributed by atoms with van der Waals surface area (Å²) in [6, 6.07) is 11.8. The Balaban J connectivity index is 1.77. The average Bonchev–Trinajstić information content (AvgIpc) is 2.64. The predicted octanol–water partition coefficient (Wildman–Crippen LogP) is 3.20. The monoisotopic (exact) mass is 393 g/mol. The predicted molar refractivity (Wildman–Crippen MR) is 104 cm³/mol. The van der Waals surface area contributed by atoms with Crippen LogP contribution in [0, 0.1) is 5.82 Å². The molecule has 0 saturated carbocycles. The summed E-state index contributed by atoms with van der Waals surface area (Å²) in [5.74, 6) is -0.243. The molecule has 0 fully saturated rings. The van der Waals surface area contributed by atoms with Crippen molar-refractivity contribution in [1.29, 1.82) is 0 Å². The van der Waals surface area contributed by atoms with E-state index < -0.39 is 11.7 Å². The van der Waals surface area contributed by atoms with Crippen LogP contribution < -0.4 is 20.9 Å². The molecule has 0 aliphatic rings. The average molecular weight is 394 g/mol. The van der Waals surface area contributed by atoms with Gasteiger partial charge in [0.15, 0.2) is 5.11 Å². The van der Waals surface area contributed by atoms with E-state index in [1.165, 1.54) is 18.2 Å². The number of carbonyl (C=O) groups excluding carboxylic acids is 1. The maximum atomic E-state index is 13.6. The van der Waals surface area contributed by atoms with Crippen molar-refractivity contribution >= 4 is 40.9 Å². The first-order valence-electron chi connectivity index (χ1n) is 7.58. The van der Waals surface area contributed by atoms with Crippen LogP contribution in [0.4, 0.5) is 4.39 Å². The minimum atomic E-state index is -0.508. The van der Waals surface area contributed by atoms with E-state index in [1.54, 1.807) is 13.2 Å². The number of methoxy groups -OCH3 is 1. The molecule has 136 valence electrons. The van der Waals surface area contributed by atoms with Crippen molar-refractivity contribution in [1.82, 2.24) is 16.2 Å². The number of carbonyl (C=O) groups is 1. The van der Waals surface area contributed by atoms with E-state index in [-0.39, 0.29) is 15.7 Å². The van der Waals surface area contributed by atoms with Gasteiger partial charge in [-0.15, -0.1) is 0 Å². The summed E-state index contributed by atoms with van der Waals surface area (Å²) < 4.78 is 18.7. The first kappa shape index (κ1) is 19.7. The van der Waals surface area contributed by atoms with Crippen LogP contribution in [0.15, 0.2) is 48.5 Å². The molecule has 0 aromatic heterocycles. The molecule has 0 bridgehead atoms. The van der Waals surface area contributed by atoms with Gasteiger partial charge in [0.2, 0.25) is 0 Å². The van der Waals surface area contributed by atoms with Crippen molar-refractivity contribution in [2.24, 2.45) is 0 Å². The molecule has 0 unspecified atom stereocenters. The number of halogens is 2. The first-order chi connectivity index (χ1) is 12.5. The van der Waals surface area contributed by atoms with Crippen molar-refractivity contribution in [3.8, 4) is 5.75 Å². The van der Waals surface area contributed by atoms with E-state index in [2.05, 4.69) is 16.2 Å². The normalized spacial score (nSPS) is 10.4. The Morgan fingerprint density at radius 3 is 2.62 bits per heavy atom. The zero-order valence-corrected chi connectivity index (χ0v) is 15.5. The summed E-state index contributed by atoms with van der Waals surface area (Å²) in [5, 5.41) is 3.41. The Morgan fingerprint density at radius 2 is 1.96 bits per heavy atom. The maximum Gasteiger partial charge on any atom is 0.262 e. The van der Waals surface area contributed by atoms with Gasteiger partial charge in [-0.25, -0.2) is 4.39 Å². The van der Waals surface area contributed by atoms with Crippen LogP contribution >= 0.6 is 23.8 Å². The molecule has 1 amide bonds. The van der Waals surface area contributed by atoms with E-state index in [1.807, 2.05) is 24.3 Å². The summed E-state index contributed by atoms with van der Waals surface area (Å²) in [6.45, 7) is 0.479. The molecular weight excluding hydrogens is 377 g/mol. The van der Waals surface area contributed by atoms with Gasteiger partial charge in [-0.05, 0) is 48.1 Å². The molecule has 0 saturated heterocycles. The van der Waals surface area contributed by atoms with Crippen LogP contribution in [0.2, 0.25) is 5.02 Å². The molecule has 5 nitrogen and oxygen atoms in total. The quantitative estimate of drug-likeness (QED) is 0.413. The van der Waals surface area contributed by atoms with E-state index in [0.29, 0.717) is 6.54 Å². The lowest BCUT2D eigenvalue weighted by molar-refractivity contribution is -0.116. The van der Waals surface area contributed by atoms with Crippen molar-refractivity contribution in [3.05, 3.63) is 70.5 Å². The van der Waals surface area contributed by atoms with Crippen molar-refractivity contribution < 1.29 is 13.9 Å². The minimum absolute atomic E-state index is 0.143. The van der Waals surface area contributed by atoms with Crippen LogP contribution in [0.3, 0.4) is 0 Å². The summed E-state index contributed by atoms with van der Waals surface area (Å²) in [6.07, 6.45) is 2.45. The van der Waals surface area contributed by atoms with Crippen LogP contribution in [-0.4, -0.2) is 18.1 Å². The Hall–Kier alpha value is -2.64. The molecule has 26 heavy (non-hydrogen) atoms. The van der Waals surface area contributed by atoms with Gasteiger partial charge in [-0.1, -0.05) is 29.8 Å². The highest BCUT2D eigenvalue weighted by Gasteiger charge is 2.04. The van der Waals surface area contributed by atoms with Gasteiger partial charge in [0.1, 0.15) is 11.6 Å². The number of amides is 1. The smallest absolute Gasteiger partial charge is 0.262 e. The molecule has 2 rings (SSSR count). The fourth-order valence-corrected chi connectivity index (χ4v) is 2.31. The van der Waals surface area contributed by atoms with E-state index in [0.717, 1.165) is 17.4 Å². The number of hydrogen-bond acceptors (Lipinski definition) is 3. The number of rotatable bonds is 5. The fraction of sp³-hybridized carbons (Fsp3) is 0.111. The SMILES string of the molecule is COc1ccc(CNC(=S)NNC(=O)/C=C/c2c(F)cccc2Cl)cc1. The summed E-state index contributed by atoms with van der Waals surface area (Å²) in [4.78, 5) is 11.8. The third-order valence-electron chi connectivity index (χ3n) is 3.31. The van der Waals surface area contributed by atoms with Gasteiger partial charge in [-0.3, -0.25) is 15.6 Å². The van der Waals surface area contributed by atoms with E-state index in [4.69, 9.17) is 28.6 Å². The molecule has 0 aliphatic heterocycles. The van der Waals surface area contributed by atoms with Crippen LogP contribution in [-0.2, 0) is 11.3 Å². The number of hydrazine groups is 1. The van der Waals surface area contributed by atoms with Crippen molar-refractivity contribution in [3.63, 3.8) is 0 Å². The molecule has 2 aromatic carbocycles. The molecule has 0 aliphatic carbocycles. The number of ether oxygens (including phenoxy) is 1. The van der Waals surface area contributed by atoms with Gasteiger partial charge in [-0.2, -0.15) is 0 Å². The number of thiocarbonyl (C=S) groups is 1. The number of nitrogens with one attached hydrogen (secondary N) is 3. The van der Waals surface area contributed by atoms with Gasteiger partial charge >= 0.3 is 0 Å². The molecule has 0 heterocycles. The highest BCUT2D eigenvalue weighted by atomic mass is 35.5. The third kappa shape index (κ3) is 6.02. The highest BCUT2D eigenvalue weighted by molar-refractivity contribution is 7.80. The second-order valence-corrected chi connectivity index (χ2v) is 5.93. The molecule has 2 aromatic rings. The zero-order valence-electron chi connectivity index (χ0n) is 13.9. The highest BCUT2D eigenvalue weighted by Crippen LogP contribution is 2.20. The zero-order chi connectivity index (χ0) is 18.9. The summed E-state index contributed by atoms with van der Waals surface area (Å²) in [5.41, 5.74) is 6.08. The Morgan fingerprint density at radius 1 is 1.23 bits per heavy atom. The second kappa shape index (κ2) is 9.74. The Bertz CT molecular complexity index is 792. The number of benzene rings is 2. The fourth-order valence-electron chi connectivity index (χ4n) is 1.96. The third-order valence-corrected chi connectivity index (χ3v) is 3.89. The van der Waals surface area contributed by atoms with Gasteiger partial charge in [0.05, 0.1) is 12.1 Å². The minimum Gasteiger partial charge on any atom is -0.497 e. The Labute approximate surface area is 161 Å². The molecule has 0 spiro atoms. The molecular formula is C18H17ClFN3O2S. The maximum absolute atomic E-state index is 13.6. The van der Waals surface area contributed by atoms with Crippen LogP contribution in [0.25, 0.3) is 6.08 Å². The van der Waals surface area contributed by atoms with Crippen LogP contribution in [0.5, 0.6) is 5.75 Å². The molecule has 0 radical (unpaired) electrons. The van der Waals surface area contributed by atoms with Gasteiger partial charge in [0.25, 0.3) is 5.91 Å². The lowest BCUT2D eigenvalue weighted by atomic mass is 10.2. The van der Waals surface area contributed by atoms with Crippen molar-refractivity contribution in [2.45, 2.75) is 6.54 Å². The van der Waals surface area contributed by atoms with Gasteiger partial charge in [0, 0.05) is 18.2 Å². The molecule has 8 heteroatoms. The van der Waals surface area contributed by atoms with Gasteiger partial charge < -0.3 is 10.1 Å². The lowest BCUT2D eigenvalue weighted by Gasteiger charge is -2.11. The summed E-state index contributed by atoms with van der Waals surface area (Å²) >= 11 is 11.0. The standard InChI is InChI=1S/C18H17ClFN3O2S/c1-25-13-7-5-12(6-8-13)11-21-18(26)23-22-17(24)10-9-14-15(19)3-2-4-16(14)20/h2-10H,11H2,1H3,(H,22,24)(H2,21,23,26)/b10-9+.